The van der Waals surface area contributed by atoms with Gasteiger partial charge >= 0.3 is 0 Å². The van der Waals surface area contributed by atoms with Gasteiger partial charge in [0.2, 0.25) is 8.32 Å². The third-order valence-electron chi connectivity index (χ3n) is 1.83. The van der Waals surface area contributed by atoms with Gasteiger partial charge in [-0.1, -0.05) is 42.6 Å². The van der Waals surface area contributed by atoms with Gasteiger partial charge in [-0.15, -0.1) is 0 Å². The zero-order chi connectivity index (χ0) is 11.3. The molecule has 0 aromatic heterocycles. The van der Waals surface area contributed by atoms with Crippen LogP contribution in [0, 0.1) is 0 Å². The van der Waals surface area contributed by atoms with Gasteiger partial charge in [-0.3, -0.25) is 0 Å². The molecule has 0 fully saturated rings. The Labute approximate surface area is 93.2 Å². The van der Waals surface area contributed by atoms with Gasteiger partial charge in [0.15, 0.2) is 0 Å². The SMILES string of the molecule is C=C=C(Cc1ccccc1)O[Si](C)(C)C. The van der Waals surface area contributed by atoms with Crippen LogP contribution in [0.15, 0.2) is 48.4 Å². The van der Waals surface area contributed by atoms with E-state index in [0.717, 1.165) is 12.2 Å². The van der Waals surface area contributed by atoms with E-state index < -0.39 is 8.32 Å². The standard InChI is InChI=1S/C13H18OSi/c1-5-13(14-15(2,3)4)11-12-9-7-6-8-10-12/h6-10H,1,11H2,2-4H3. The summed E-state index contributed by atoms with van der Waals surface area (Å²) in [6.45, 7) is 10.2. The fourth-order valence-electron chi connectivity index (χ4n) is 1.29. The van der Waals surface area contributed by atoms with Crippen molar-refractivity contribution in [3.63, 3.8) is 0 Å². The lowest BCUT2D eigenvalue weighted by molar-refractivity contribution is 0.411. The highest BCUT2D eigenvalue weighted by atomic mass is 28.4. The van der Waals surface area contributed by atoms with Crippen molar-refractivity contribution in [2.75, 3.05) is 0 Å². The van der Waals surface area contributed by atoms with Crippen molar-refractivity contribution >= 4 is 8.32 Å². The molecule has 0 saturated heterocycles. The molecular weight excluding hydrogens is 200 g/mol. The summed E-state index contributed by atoms with van der Waals surface area (Å²) >= 11 is 0. The second-order valence-corrected chi connectivity index (χ2v) is 8.91. The highest BCUT2D eigenvalue weighted by Gasteiger charge is 2.17. The highest BCUT2D eigenvalue weighted by Crippen LogP contribution is 2.14. The van der Waals surface area contributed by atoms with Crippen molar-refractivity contribution in [3.05, 3.63) is 54.0 Å². The Bertz CT molecular complexity index is 356. The molecule has 0 aliphatic heterocycles. The molecule has 0 radical (unpaired) electrons. The molecule has 2 heteroatoms. The molecule has 0 aliphatic rings. The quantitative estimate of drug-likeness (QED) is 0.425. The van der Waals surface area contributed by atoms with Crippen molar-refractivity contribution in [2.24, 2.45) is 0 Å². The molecule has 1 aromatic rings. The van der Waals surface area contributed by atoms with Crippen LogP contribution < -0.4 is 0 Å². The fraction of sp³-hybridized carbons (Fsp3) is 0.308. The average Bonchev–Trinajstić information content (AvgIpc) is 2.16. The second kappa shape index (κ2) is 5.01. The van der Waals surface area contributed by atoms with Crippen molar-refractivity contribution < 1.29 is 4.43 Å². The van der Waals surface area contributed by atoms with Gasteiger partial charge in [0, 0.05) is 6.42 Å². The Kier molecular flexibility index (Phi) is 3.95. The van der Waals surface area contributed by atoms with E-state index in [1.165, 1.54) is 5.56 Å². The molecule has 0 spiro atoms. The summed E-state index contributed by atoms with van der Waals surface area (Å²) in [4.78, 5) is 0. The van der Waals surface area contributed by atoms with Gasteiger partial charge in [-0.05, 0) is 25.2 Å². The molecule has 0 bridgehead atoms. The van der Waals surface area contributed by atoms with E-state index in [1.807, 2.05) is 18.2 Å². The van der Waals surface area contributed by atoms with Crippen LogP contribution >= 0.6 is 0 Å². The molecule has 0 amide bonds. The zero-order valence-corrected chi connectivity index (χ0v) is 10.7. The lowest BCUT2D eigenvalue weighted by Crippen LogP contribution is -2.25. The van der Waals surface area contributed by atoms with Crippen molar-refractivity contribution in [3.8, 4) is 0 Å². The van der Waals surface area contributed by atoms with E-state index in [-0.39, 0.29) is 0 Å². The molecule has 1 rings (SSSR count). The van der Waals surface area contributed by atoms with Gasteiger partial charge in [-0.2, -0.15) is 0 Å². The Morgan fingerprint density at radius 3 is 2.33 bits per heavy atom. The van der Waals surface area contributed by atoms with E-state index >= 15 is 0 Å². The molecule has 0 N–H and O–H groups in total. The normalized spacial score (nSPS) is 10.6. The molecule has 1 aromatic carbocycles. The van der Waals surface area contributed by atoms with Crippen LogP contribution in [-0.2, 0) is 10.8 Å². The average molecular weight is 218 g/mol. The van der Waals surface area contributed by atoms with Gasteiger partial charge in [0.25, 0.3) is 0 Å². The first-order valence-electron chi connectivity index (χ1n) is 5.13. The molecule has 0 saturated carbocycles. The van der Waals surface area contributed by atoms with E-state index in [9.17, 15) is 0 Å². The molecule has 15 heavy (non-hydrogen) atoms. The minimum atomic E-state index is -1.53. The molecule has 0 unspecified atom stereocenters. The monoisotopic (exact) mass is 218 g/mol. The van der Waals surface area contributed by atoms with Crippen molar-refractivity contribution in [1.29, 1.82) is 0 Å². The Morgan fingerprint density at radius 2 is 1.87 bits per heavy atom. The number of rotatable bonds is 4. The summed E-state index contributed by atoms with van der Waals surface area (Å²) in [7, 11) is -1.53. The molecule has 80 valence electrons. The van der Waals surface area contributed by atoms with Gasteiger partial charge in [0.1, 0.15) is 5.76 Å². The van der Waals surface area contributed by atoms with E-state index in [0.29, 0.717) is 0 Å². The van der Waals surface area contributed by atoms with Gasteiger partial charge in [0.05, 0.1) is 0 Å². The summed E-state index contributed by atoms with van der Waals surface area (Å²) in [6.07, 6.45) is 0.786. The summed E-state index contributed by atoms with van der Waals surface area (Å²) < 4.78 is 5.87. The second-order valence-electron chi connectivity index (χ2n) is 4.48. The maximum absolute atomic E-state index is 5.87. The van der Waals surface area contributed by atoms with E-state index in [2.05, 4.69) is 44.1 Å². The molecule has 0 heterocycles. The zero-order valence-electron chi connectivity index (χ0n) is 9.71. The van der Waals surface area contributed by atoms with Crippen LogP contribution in [0.5, 0.6) is 0 Å². The highest BCUT2D eigenvalue weighted by molar-refractivity contribution is 6.70. The van der Waals surface area contributed by atoms with Crippen LogP contribution in [0.2, 0.25) is 19.6 Å². The molecule has 1 nitrogen and oxygen atoms in total. The fourth-order valence-corrected chi connectivity index (χ4v) is 2.17. The maximum atomic E-state index is 5.87. The number of benzene rings is 1. The lowest BCUT2D eigenvalue weighted by atomic mass is 10.1. The number of hydrogen-bond acceptors (Lipinski definition) is 1. The van der Waals surface area contributed by atoms with Gasteiger partial charge in [-0.25, -0.2) is 0 Å². The summed E-state index contributed by atoms with van der Waals surface area (Å²) in [5.74, 6) is 0.861. The molecule has 0 aliphatic carbocycles. The van der Waals surface area contributed by atoms with Crippen molar-refractivity contribution in [2.45, 2.75) is 26.1 Å². The Morgan fingerprint density at radius 1 is 1.27 bits per heavy atom. The van der Waals surface area contributed by atoms with E-state index in [1.54, 1.807) is 0 Å². The predicted octanol–water partition coefficient (Wildman–Crippen LogP) is 3.75. The minimum absolute atomic E-state index is 0.786. The third-order valence-corrected chi connectivity index (χ3v) is 2.69. The number of allylic oxidation sites excluding steroid dienone is 1. The summed E-state index contributed by atoms with van der Waals surface area (Å²) in [5.41, 5.74) is 4.12. The van der Waals surface area contributed by atoms with E-state index in [4.69, 9.17) is 4.43 Å². The first-order chi connectivity index (χ1) is 7.01. The first kappa shape index (κ1) is 11.8. The Hall–Kier alpha value is -1.24. The molecular formula is C13H18OSi. The summed E-state index contributed by atoms with van der Waals surface area (Å²) in [5, 5.41) is 0. The third kappa shape index (κ3) is 4.68. The maximum Gasteiger partial charge on any atom is 0.242 e. The van der Waals surface area contributed by atoms with Crippen LogP contribution in [0.25, 0.3) is 0 Å². The van der Waals surface area contributed by atoms with Crippen LogP contribution in [-0.4, -0.2) is 8.32 Å². The van der Waals surface area contributed by atoms with Crippen LogP contribution in [0.4, 0.5) is 0 Å². The topological polar surface area (TPSA) is 9.23 Å². The smallest absolute Gasteiger partial charge is 0.242 e. The minimum Gasteiger partial charge on any atom is -0.542 e. The Balaban J connectivity index is 2.68. The predicted molar refractivity (Wildman–Crippen MR) is 67.2 cm³/mol. The summed E-state index contributed by atoms with van der Waals surface area (Å²) in [6, 6.07) is 10.3. The molecule has 0 atom stereocenters. The lowest BCUT2D eigenvalue weighted by Gasteiger charge is -2.20. The largest absolute Gasteiger partial charge is 0.542 e. The van der Waals surface area contributed by atoms with Crippen LogP contribution in [0.3, 0.4) is 0 Å². The first-order valence-corrected chi connectivity index (χ1v) is 8.54. The van der Waals surface area contributed by atoms with Crippen LogP contribution in [0.1, 0.15) is 5.56 Å². The van der Waals surface area contributed by atoms with Gasteiger partial charge < -0.3 is 4.43 Å². The van der Waals surface area contributed by atoms with Crippen molar-refractivity contribution in [1.82, 2.24) is 0 Å². The number of hydrogen-bond donors (Lipinski definition) is 0.